The van der Waals surface area contributed by atoms with Gasteiger partial charge in [0.05, 0.1) is 16.7 Å². The molecule has 1 aromatic rings. The number of carbonyl (C=O) groups excluding carboxylic acids is 1. The highest BCUT2D eigenvalue weighted by Crippen LogP contribution is 2.26. The maximum Gasteiger partial charge on any atom is 0.225 e. The molecule has 2 aliphatic rings. The van der Waals surface area contributed by atoms with Gasteiger partial charge in [0.15, 0.2) is 0 Å². The number of nitrogens with zero attached hydrogens (tertiary/aromatic N) is 3. The summed E-state index contributed by atoms with van der Waals surface area (Å²) in [6.07, 6.45) is 7.81. The van der Waals surface area contributed by atoms with Crippen LogP contribution in [-0.2, 0) is 4.79 Å². The molecule has 116 valence electrons. The Kier molecular flexibility index (Phi) is 4.64. The molecule has 0 radical (unpaired) electrons. The highest BCUT2D eigenvalue weighted by atomic mass is 79.9. The standard InChI is InChI=1S/C15H23BrN4O/c1-11-8-12(2-5-17-11)15(21)19-6-3-14(4-7-19)20-10-13(16)9-18-20/h9-12,14,17H,2-8H2,1H3/t11-,12-/m0/s1. The van der Waals surface area contributed by atoms with Crippen molar-refractivity contribution in [1.82, 2.24) is 20.0 Å². The molecule has 2 atom stereocenters. The predicted molar refractivity (Wildman–Crippen MR) is 85.0 cm³/mol. The lowest BCUT2D eigenvalue weighted by atomic mass is 9.91. The molecule has 0 saturated carbocycles. The quantitative estimate of drug-likeness (QED) is 0.885. The number of likely N-dealkylation sites (tertiary alicyclic amines) is 1. The minimum Gasteiger partial charge on any atom is -0.342 e. The minimum absolute atomic E-state index is 0.219. The van der Waals surface area contributed by atoms with E-state index in [2.05, 4.69) is 38.2 Å². The summed E-state index contributed by atoms with van der Waals surface area (Å²) in [6, 6.07) is 0.888. The van der Waals surface area contributed by atoms with Gasteiger partial charge < -0.3 is 10.2 Å². The van der Waals surface area contributed by atoms with E-state index in [1.165, 1.54) is 0 Å². The van der Waals surface area contributed by atoms with Crippen LogP contribution in [0.25, 0.3) is 0 Å². The van der Waals surface area contributed by atoms with Crippen LogP contribution in [0.2, 0.25) is 0 Å². The van der Waals surface area contributed by atoms with E-state index in [1.54, 1.807) is 0 Å². The van der Waals surface area contributed by atoms with E-state index < -0.39 is 0 Å². The van der Waals surface area contributed by atoms with Crippen LogP contribution in [-0.4, -0.2) is 46.3 Å². The number of aromatic nitrogens is 2. The Morgan fingerprint density at radius 3 is 2.76 bits per heavy atom. The van der Waals surface area contributed by atoms with Crippen molar-refractivity contribution in [2.24, 2.45) is 5.92 Å². The molecule has 1 N–H and O–H groups in total. The van der Waals surface area contributed by atoms with E-state index in [0.29, 0.717) is 18.0 Å². The Morgan fingerprint density at radius 2 is 2.14 bits per heavy atom. The summed E-state index contributed by atoms with van der Waals surface area (Å²) < 4.78 is 3.04. The van der Waals surface area contributed by atoms with Gasteiger partial charge in [-0.2, -0.15) is 5.10 Å². The zero-order valence-corrected chi connectivity index (χ0v) is 14.1. The van der Waals surface area contributed by atoms with Crippen molar-refractivity contribution in [2.45, 2.75) is 44.7 Å². The fourth-order valence-electron chi connectivity index (χ4n) is 3.48. The maximum absolute atomic E-state index is 12.6. The van der Waals surface area contributed by atoms with Crippen LogP contribution >= 0.6 is 15.9 Å². The van der Waals surface area contributed by atoms with Crippen molar-refractivity contribution in [2.75, 3.05) is 19.6 Å². The highest BCUT2D eigenvalue weighted by molar-refractivity contribution is 9.10. The van der Waals surface area contributed by atoms with E-state index in [4.69, 9.17) is 0 Å². The third-order valence-electron chi connectivity index (χ3n) is 4.69. The lowest BCUT2D eigenvalue weighted by Gasteiger charge is -2.36. The first-order valence-corrected chi connectivity index (χ1v) is 8.64. The van der Waals surface area contributed by atoms with E-state index in [9.17, 15) is 4.79 Å². The fraction of sp³-hybridized carbons (Fsp3) is 0.733. The lowest BCUT2D eigenvalue weighted by molar-refractivity contribution is -0.138. The molecular weight excluding hydrogens is 332 g/mol. The molecule has 1 amide bonds. The van der Waals surface area contributed by atoms with Gasteiger partial charge in [0.25, 0.3) is 0 Å². The molecular formula is C15H23BrN4O. The van der Waals surface area contributed by atoms with Gasteiger partial charge in [-0.3, -0.25) is 9.48 Å². The second-order valence-electron chi connectivity index (χ2n) is 6.27. The van der Waals surface area contributed by atoms with Gasteiger partial charge in [-0.05, 0) is 55.1 Å². The van der Waals surface area contributed by atoms with Crippen molar-refractivity contribution >= 4 is 21.8 Å². The Bertz CT molecular complexity index is 496. The number of hydrogen-bond acceptors (Lipinski definition) is 3. The molecule has 2 aliphatic heterocycles. The van der Waals surface area contributed by atoms with Crippen LogP contribution in [0, 0.1) is 5.92 Å². The molecule has 2 fully saturated rings. The van der Waals surface area contributed by atoms with Gasteiger partial charge in [-0.15, -0.1) is 0 Å². The molecule has 3 heterocycles. The van der Waals surface area contributed by atoms with Crippen molar-refractivity contribution in [3.8, 4) is 0 Å². The number of amides is 1. The van der Waals surface area contributed by atoms with Crippen molar-refractivity contribution in [3.63, 3.8) is 0 Å². The molecule has 6 heteroatoms. The number of carbonyl (C=O) groups is 1. The number of nitrogens with one attached hydrogen (secondary N) is 1. The predicted octanol–water partition coefficient (Wildman–Crippen LogP) is 2.20. The summed E-state index contributed by atoms with van der Waals surface area (Å²) in [5, 5.41) is 7.78. The Hall–Kier alpha value is -0.880. The third kappa shape index (κ3) is 3.48. The average molecular weight is 355 g/mol. The molecule has 0 aromatic carbocycles. The van der Waals surface area contributed by atoms with Crippen LogP contribution in [0.15, 0.2) is 16.9 Å². The lowest BCUT2D eigenvalue weighted by Crippen LogP contribution is -2.46. The maximum atomic E-state index is 12.6. The van der Waals surface area contributed by atoms with Crippen molar-refractivity contribution < 1.29 is 4.79 Å². The van der Waals surface area contributed by atoms with Gasteiger partial charge in [0.2, 0.25) is 5.91 Å². The summed E-state index contributed by atoms with van der Waals surface area (Å²) in [4.78, 5) is 14.7. The summed E-state index contributed by atoms with van der Waals surface area (Å²) >= 11 is 3.44. The van der Waals surface area contributed by atoms with Gasteiger partial charge in [0, 0.05) is 31.2 Å². The molecule has 3 rings (SSSR count). The van der Waals surface area contributed by atoms with Gasteiger partial charge in [-0.25, -0.2) is 0 Å². The summed E-state index contributed by atoms with van der Waals surface area (Å²) in [7, 11) is 0. The molecule has 0 spiro atoms. The smallest absolute Gasteiger partial charge is 0.225 e. The van der Waals surface area contributed by atoms with Crippen molar-refractivity contribution in [3.05, 3.63) is 16.9 Å². The second kappa shape index (κ2) is 6.48. The molecule has 0 unspecified atom stereocenters. The molecule has 0 aliphatic carbocycles. The van der Waals surface area contributed by atoms with E-state index in [-0.39, 0.29) is 5.92 Å². The number of rotatable bonds is 2. The topological polar surface area (TPSA) is 50.2 Å². The Labute approximate surface area is 134 Å². The van der Waals surface area contributed by atoms with Gasteiger partial charge >= 0.3 is 0 Å². The molecule has 5 nitrogen and oxygen atoms in total. The largest absolute Gasteiger partial charge is 0.342 e. The minimum atomic E-state index is 0.219. The van der Waals surface area contributed by atoms with Crippen LogP contribution in [0.5, 0.6) is 0 Å². The van der Waals surface area contributed by atoms with Crippen LogP contribution in [0.3, 0.4) is 0 Å². The van der Waals surface area contributed by atoms with Crippen LogP contribution in [0.1, 0.15) is 38.6 Å². The zero-order valence-electron chi connectivity index (χ0n) is 12.5. The molecule has 2 saturated heterocycles. The Morgan fingerprint density at radius 1 is 1.38 bits per heavy atom. The number of halogens is 1. The normalized spacial score (nSPS) is 27.8. The average Bonchev–Trinajstić information content (AvgIpc) is 2.93. The molecule has 21 heavy (non-hydrogen) atoms. The number of piperidine rings is 2. The highest BCUT2D eigenvalue weighted by Gasteiger charge is 2.31. The molecule has 0 bridgehead atoms. The first-order valence-electron chi connectivity index (χ1n) is 7.85. The fourth-order valence-corrected chi connectivity index (χ4v) is 3.78. The first kappa shape index (κ1) is 15.0. The summed E-state index contributed by atoms with van der Waals surface area (Å²) in [5.41, 5.74) is 0. The number of hydrogen-bond donors (Lipinski definition) is 1. The van der Waals surface area contributed by atoms with Crippen LogP contribution in [0.4, 0.5) is 0 Å². The Balaban J connectivity index is 1.54. The summed E-state index contributed by atoms with van der Waals surface area (Å²) in [5.74, 6) is 0.583. The first-order chi connectivity index (χ1) is 10.1. The van der Waals surface area contributed by atoms with Gasteiger partial charge in [0.1, 0.15) is 0 Å². The van der Waals surface area contributed by atoms with E-state index in [1.807, 2.05) is 17.1 Å². The van der Waals surface area contributed by atoms with E-state index >= 15 is 0 Å². The SMILES string of the molecule is C[C@H]1C[C@@H](C(=O)N2CCC(n3cc(Br)cn3)CC2)CCN1. The second-order valence-corrected chi connectivity index (χ2v) is 7.19. The van der Waals surface area contributed by atoms with E-state index in [0.717, 1.165) is 49.8 Å². The van der Waals surface area contributed by atoms with Crippen LogP contribution < -0.4 is 5.32 Å². The third-order valence-corrected chi connectivity index (χ3v) is 5.10. The monoisotopic (exact) mass is 354 g/mol. The zero-order chi connectivity index (χ0) is 14.8. The van der Waals surface area contributed by atoms with Crippen molar-refractivity contribution in [1.29, 1.82) is 0 Å². The molecule has 1 aromatic heterocycles. The summed E-state index contributed by atoms with van der Waals surface area (Å²) in [6.45, 7) is 4.86. The van der Waals surface area contributed by atoms with Gasteiger partial charge in [-0.1, -0.05) is 0 Å².